The summed E-state index contributed by atoms with van der Waals surface area (Å²) in [6, 6.07) is 4.24. The molecule has 6 nitrogen and oxygen atoms in total. The number of ether oxygens (including phenoxy) is 2. The van der Waals surface area contributed by atoms with Crippen molar-refractivity contribution in [3.63, 3.8) is 0 Å². The molecule has 0 fully saturated rings. The molecule has 1 atom stereocenters. The van der Waals surface area contributed by atoms with Gasteiger partial charge in [0.1, 0.15) is 6.04 Å². The van der Waals surface area contributed by atoms with Gasteiger partial charge in [-0.1, -0.05) is 6.92 Å². The van der Waals surface area contributed by atoms with Gasteiger partial charge < -0.3 is 20.1 Å². The first kappa shape index (κ1) is 16.8. The van der Waals surface area contributed by atoms with Gasteiger partial charge in [0.15, 0.2) is 11.5 Å². The number of hydrogen-bond donors (Lipinski definition) is 2. The Labute approximate surface area is 124 Å². The lowest BCUT2D eigenvalue weighted by Crippen LogP contribution is -2.45. The Hall–Kier alpha value is -2.24. The van der Waals surface area contributed by atoms with Crippen molar-refractivity contribution in [2.75, 3.05) is 20.8 Å². The average Bonchev–Trinajstić information content (AvgIpc) is 2.51. The van der Waals surface area contributed by atoms with Crippen LogP contribution in [0.15, 0.2) is 18.2 Å². The van der Waals surface area contributed by atoms with E-state index in [4.69, 9.17) is 9.47 Å². The summed E-state index contributed by atoms with van der Waals surface area (Å²) in [4.78, 5) is 23.8. The zero-order valence-corrected chi connectivity index (χ0v) is 12.9. The van der Waals surface area contributed by atoms with Gasteiger partial charge >= 0.3 is 0 Å². The van der Waals surface area contributed by atoms with Crippen LogP contribution in [0.3, 0.4) is 0 Å². The fourth-order valence-electron chi connectivity index (χ4n) is 1.72. The molecule has 0 heterocycles. The number of amides is 2. The lowest BCUT2D eigenvalue weighted by atomic mass is 10.1. The van der Waals surface area contributed by atoms with Crippen molar-refractivity contribution in [1.29, 1.82) is 0 Å². The third kappa shape index (κ3) is 4.66. The molecule has 0 aliphatic heterocycles. The molecule has 1 aromatic rings. The van der Waals surface area contributed by atoms with E-state index in [1.807, 2.05) is 6.92 Å². The first-order valence-electron chi connectivity index (χ1n) is 6.84. The van der Waals surface area contributed by atoms with Gasteiger partial charge in [-0.25, -0.2) is 0 Å². The number of methoxy groups -OCH3 is 2. The van der Waals surface area contributed by atoms with E-state index in [0.29, 0.717) is 23.6 Å². The van der Waals surface area contributed by atoms with Gasteiger partial charge in [0, 0.05) is 12.1 Å². The minimum atomic E-state index is -0.600. The molecular weight excluding hydrogens is 272 g/mol. The summed E-state index contributed by atoms with van der Waals surface area (Å²) in [6.45, 7) is 4.20. The summed E-state index contributed by atoms with van der Waals surface area (Å²) >= 11 is 0. The monoisotopic (exact) mass is 294 g/mol. The van der Waals surface area contributed by atoms with E-state index in [9.17, 15) is 9.59 Å². The first-order chi connectivity index (χ1) is 10.0. The number of rotatable bonds is 7. The quantitative estimate of drug-likeness (QED) is 0.796. The highest BCUT2D eigenvalue weighted by Gasteiger charge is 2.17. The van der Waals surface area contributed by atoms with Gasteiger partial charge in [0.05, 0.1) is 14.2 Å². The third-order valence-electron chi connectivity index (χ3n) is 2.94. The maximum Gasteiger partial charge on any atom is 0.252 e. The molecule has 1 aromatic carbocycles. The van der Waals surface area contributed by atoms with E-state index in [0.717, 1.165) is 6.42 Å². The number of benzene rings is 1. The van der Waals surface area contributed by atoms with Gasteiger partial charge in [-0.05, 0) is 31.5 Å². The second-order valence-corrected chi connectivity index (χ2v) is 4.56. The zero-order valence-electron chi connectivity index (χ0n) is 12.9. The van der Waals surface area contributed by atoms with Crippen molar-refractivity contribution < 1.29 is 19.1 Å². The molecule has 0 unspecified atom stereocenters. The van der Waals surface area contributed by atoms with Crippen LogP contribution < -0.4 is 20.1 Å². The van der Waals surface area contributed by atoms with E-state index in [-0.39, 0.29) is 11.8 Å². The van der Waals surface area contributed by atoms with Gasteiger partial charge in [0.2, 0.25) is 5.91 Å². The molecule has 21 heavy (non-hydrogen) atoms. The van der Waals surface area contributed by atoms with Gasteiger partial charge in [-0.15, -0.1) is 0 Å². The molecule has 0 spiro atoms. The Kier molecular flexibility index (Phi) is 6.52. The van der Waals surface area contributed by atoms with Crippen LogP contribution in [0.25, 0.3) is 0 Å². The molecule has 0 saturated heterocycles. The molecule has 1 rings (SSSR count). The number of nitrogens with one attached hydrogen (secondary N) is 2. The predicted octanol–water partition coefficient (Wildman–Crippen LogP) is 1.35. The number of carbonyl (C=O) groups excluding carboxylic acids is 2. The zero-order chi connectivity index (χ0) is 15.8. The third-order valence-corrected chi connectivity index (χ3v) is 2.94. The molecule has 0 aliphatic carbocycles. The fourth-order valence-corrected chi connectivity index (χ4v) is 1.72. The predicted molar refractivity (Wildman–Crippen MR) is 79.8 cm³/mol. The molecule has 2 N–H and O–H groups in total. The Morgan fingerprint density at radius 1 is 1.19 bits per heavy atom. The summed E-state index contributed by atoms with van der Waals surface area (Å²) in [5.74, 6) is 0.469. The molecule has 0 bridgehead atoms. The number of carbonyl (C=O) groups is 2. The van der Waals surface area contributed by atoms with Gasteiger partial charge in [0.25, 0.3) is 5.91 Å². The summed E-state index contributed by atoms with van der Waals surface area (Å²) in [6.07, 6.45) is 0.849. The van der Waals surface area contributed by atoms with Crippen molar-refractivity contribution in [2.45, 2.75) is 26.3 Å². The van der Waals surface area contributed by atoms with Crippen LogP contribution in [0.1, 0.15) is 30.6 Å². The fraction of sp³-hybridized carbons (Fsp3) is 0.467. The SMILES string of the molecule is CCCNC(=O)[C@@H](C)NC(=O)c1ccc(OC)c(OC)c1. The summed E-state index contributed by atoms with van der Waals surface area (Å²) in [5, 5.41) is 5.38. The molecule has 0 radical (unpaired) electrons. The van der Waals surface area contributed by atoms with E-state index in [1.54, 1.807) is 25.1 Å². The molecule has 116 valence electrons. The molecule has 0 saturated carbocycles. The summed E-state index contributed by atoms with van der Waals surface area (Å²) < 4.78 is 10.3. The van der Waals surface area contributed by atoms with Crippen LogP contribution >= 0.6 is 0 Å². The van der Waals surface area contributed by atoms with E-state index >= 15 is 0 Å². The lowest BCUT2D eigenvalue weighted by Gasteiger charge is -2.14. The highest BCUT2D eigenvalue weighted by Crippen LogP contribution is 2.27. The first-order valence-corrected chi connectivity index (χ1v) is 6.84. The van der Waals surface area contributed by atoms with Crippen LogP contribution in [-0.4, -0.2) is 38.6 Å². The van der Waals surface area contributed by atoms with Crippen LogP contribution in [-0.2, 0) is 4.79 Å². The Balaban J connectivity index is 2.73. The molecule has 0 aliphatic rings. The highest BCUT2D eigenvalue weighted by molar-refractivity contribution is 5.97. The second-order valence-electron chi connectivity index (χ2n) is 4.56. The largest absolute Gasteiger partial charge is 0.493 e. The average molecular weight is 294 g/mol. The standard InChI is InChI=1S/C15H22N2O4/c1-5-8-16-14(18)10(2)17-15(19)11-6-7-12(20-3)13(9-11)21-4/h6-7,9-10H,5,8H2,1-4H3,(H,16,18)(H,17,19)/t10-/m1/s1. The molecule has 2 amide bonds. The normalized spacial score (nSPS) is 11.4. The van der Waals surface area contributed by atoms with Crippen molar-refractivity contribution in [1.82, 2.24) is 10.6 Å². The molecule has 6 heteroatoms. The van der Waals surface area contributed by atoms with Gasteiger partial charge in [-0.2, -0.15) is 0 Å². The highest BCUT2D eigenvalue weighted by atomic mass is 16.5. The number of hydrogen-bond acceptors (Lipinski definition) is 4. The van der Waals surface area contributed by atoms with Crippen molar-refractivity contribution >= 4 is 11.8 Å². The van der Waals surface area contributed by atoms with E-state index in [1.165, 1.54) is 14.2 Å². The van der Waals surface area contributed by atoms with Crippen molar-refractivity contribution in [2.24, 2.45) is 0 Å². The maximum absolute atomic E-state index is 12.1. The smallest absolute Gasteiger partial charge is 0.252 e. The van der Waals surface area contributed by atoms with Crippen molar-refractivity contribution in [3.8, 4) is 11.5 Å². The summed E-state index contributed by atoms with van der Waals surface area (Å²) in [7, 11) is 3.03. The van der Waals surface area contributed by atoms with Crippen molar-refractivity contribution in [3.05, 3.63) is 23.8 Å². The van der Waals surface area contributed by atoms with E-state index < -0.39 is 6.04 Å². The Morgan fingerprint density at radius 3 is 2.43 bits per heavy atom. The minimum Gasteiger partial charge on any atom is -0.493 e. The summed E-state index contributed by atoms with van der Waals surface area (Å²) in [5.41, 5.74) is 0.405. The molecule has 0 aromatic heterocycles. The molecular formula is C15H22N2O4. The van der Waals surface area contributed by atoms with E-state index in [2.05, 4.69) is 10.6 Å². The van der Waals surface area contributed by atoms with Crippen LogP contribution in [0.4, 0.5) is 0 Å². The van der Waals surface area contributed by atoms with Crippen LogP contribution in [0, 0.1) is 0 Å². The van der Waals surface area contributed by atoms with Gasteiger partial charge in [-0.3, -0.25) is 9.59 Å². The Bertz CT molecular complexity index is 502. The second kappa shape index (κ2) is 8.14. The van der Waals surface area contributed by atoms with Crippen LogP contribution in [0.2, 0.25) is 0 Å². The lowest BCUT2D eigenvalue weighted by molar-refractivity contribution is -0.122. The maximum atomic E-state index is 12.1. The topological polar surface area (TPSA) is 76.7 Å². The minimum absolute atomic E-state index is 0.203. The Morgan fingerprint density at radius 2 is 1.86 bits per heavy atom. The van der Waals surface area contributed by atoms with Crippen LogP contribution in [0.5, 0.6) is 11.5 Å².